The van der Waals surface area contributed by atoms with Crippen LogP contribution in [0.5, 0.6) is 11.5 Å². The highest BCUT2D eigenvalue weighted by Gasteiger charge is 2.16. The Balaban J connectivity index is 1.71. The molecule has 1 atom stereocenters. The normalized spacial score (nSPS) is 14.5. The Morgan fingerprint density at radius 3 is 3.04 bits per heavy atom. The number of carbonyl (C=O) groups is 1. The van der Waals surface area contributed by atoms with Crippen LogP contribution in [-0.2, 0) is 4.79 Å². The van der Waals surface area contributed by atoms with Crippen molar-refractivity contribution >= 4 is 29.4 Å². The Hall–Kier alpha value is -2.47. The third-order valence-corrected chi connectivity index (χ3v) is 4.26. The molecule has 0 aliphatic carbocycles. The van der Waals surface area contributed by atoms with Crippen molar-refractivity contribution in [2.45, 2.75) is 26.3 Å². The molecule has 0 fully saturated rings. The molecule has 1 unspecified atom stereocenters. The zero-order valence-corrected chi connectivity index (χ0v) is 14.9. The number of aromatic nitrogens is 2. The summed E-state index contributed by atoms with van der Waals surface area (Å²) in [5.74, 6) is 1.57. The standard InChI is InChI=1S/C18H20ClN3O3/c1-3-12(2)22-16(6-7-20-22)21-17(23)5-4-13-10-14(19)18-15(11-13)24-8-9-25-18/h4-7,10-12H,3,8-9H2,1-2H3,(H,21,23)/b5-4+. The number of fused-ring (bicyclic) bond motifs is 1. The first-order chi connectivity index (χ1) is 12.1. The molecule has 2 aromatic rings. The minimum absolute atomic E-state index is 0.214. The summed E-state index contributed by atoms with van der Waals surface area (Å²) in [4.78, 5) is 12.2. The summed E-state index contributed by atoms with van der Waals surface area (Å²) in [6, 6.07) is 5.53. The van der Waals surface area contributed by atoms with Crippen LogP contribution in [0.15, 0.2) is 30.5 Å². The average molecular weight is 362 g/mol. The van der Waals surface area contributed by atoms with E-state index >= 15 is 0 Å². The van der Waals surface area contributed by atoms with Gasteiger partial charge in [-0.25, -0.2) is 4.68 Å². The third kappa shape index (κ3) is 3.96. The lowest BCUT2D eigenvalue weighted by Crippen LogP contribution is -2.16. The van der Waals surface area contributed by atoms with Gasteiger partial charge in [0.2, 0.25) is 5.91 Å². The molecule has 0 radical (unpaired) electrons. The van der Waals surface area contributed by atoms with E-state index in [1.165, 1.54) is 6.08 Å². The fraction of sp³-hybridized carbons (Fsp3) is 0.333. The van der Waals surface area contributed by atoms with E-state index in [0.29, 0.717) is 35.6 Å². The second kappa shape index (κ2) is 7.61. The smallest absolute Gasteiger partial charge is 0.249 e. The summed E-state index contributed by atoms with van der Waals surface area (Å²) in [5.41, 5.74) is 0.764. The van der Waals surface area contributed by atoms with Crippen LogP contribution >= 0.6 is 11.6 Å². The van der Waals surface area contributed by atoms with Crippen molar-refractivity contribution < 1.29 is 14.3 Å². The molecule has 2 heterocycles. The van der Waals surface area contributed by atoms with E-state index in [1.807, 2.05) is 0 Å². The number of benzene rings is 1. The van der Waals surface area contributed by atoms with Gasteiger partial charge in [-0.15, -0.1) is 0 Å². The minimum Gasteiger partial charge on any atom is -0.486 e. The van der Waals surface area contributed by atoms with Crippen LogP contribution in [0.25, 0.3) is 6.08 Å². The SMILES string of the molecule is CCC(C)n1nccc1NC(=O)/C=C/c1cc(Cl)c2c(c1)OCCO2. The first kappa shape index (κ1) is 17.4. The van der Waals surface area contributed by atoms with E-state index in [9.17, 15) is 4.79 Å². The number of hydrogen-bond donors (Lipinski definition) is 1. The number of halogens is 1. The van der Waals surface area contributed by atoms with Crippen molar-refractivity contribution in [3.05, 3.63) is 41.1 Å². The molecular formula is C18H20ClN3O3. The Bertz CT molecular complexity index is 801. The first-order valence-electron chi connectivity index (χ1n) is 8.20. The van der Waals surface area contributed by atoms with E-state index in [4.69, 9.17) is 21.1 Å². The van der Waals surface area contributed by atoms with E-state index < -0.39 is 0 Å². The number of hydrogen-bond acceptors (Lipinski definition) is 4. The van der Waals surface area contributed by atoms with Gasteiger partial charge in [-0.3, -0.25) is 4.79 Å². The number of rotatable bonds is 5. The maximum Gasteiger partial charge on any atom is 0.249 e. The fourth-order valence-electron chi connectivity index (χ4n) is 2.50. The van der Waals surface area contributed by atoms with Crippen molar-refractivity contribution in [1.29, 1.82) is 0 Å². The zero-order valence-electron chi connectivity index (χ0n) is 14.2. The summed E-state index contributed by atoms with van der Waals surface area (Å²) in [5, 5.41) is 7.55. The van der Waals surface area contributed by atoms with Crippen molar-refractivity contribution in [3.8, 4) is 11.5 Å². The largest absolute Gasteiger partial charge is 0.486 e. The van der Waals surface area contributed by atoms with E-state index in [0.717, 1.165) is 12.0 Å². The molecule has 132 valence electrons. The molecule has 1 amide bonds. The second-order valence-corrected chi connectivity index (χ2v) is 6.17. The molecule has 25 heavy (non-hydrogen) atoms. The summed E-state index contributed by atoms with van der Waals surface area (Å²) < 4.78 is 12.8. The molecule has 1 aliphatic heterocycles. The van der Waals surface area contributed by atoms with Gasteiger partial charge in [0.1, 0.15) is 19.0 Å². The minimum atomic E-state index is -0.240. The summed E-state index contributed by atoms with van der Waals surface area (Å²) in [7, 11) is 0. The van der Waals surface area contributed by atoms with Crippen molar-refractivity contribution in [1.82, 2.24) is 9.78 Å². The Labute approximate surface area is 151 Å². The molecule has 1 N–H and O–H groups in total. The molecule has 0 bridgehead atoms. The van der Waals surface area contributed by atoms with E-state index in [1.54, 1.807) is 35.2 Å². The number of anilines is 1. The predicted molar refractivity (Wildman–Crippen MR) is 97.3 cm³/mol. The topological polar surface area (TPSA) is 65.4 Å². The molecule has 1 aromatic heterocycles. The molecule has 6 nitrogen and oxygen atoms in total. The van der Waals surface area contributed by atoms with Gasteiger partial charge in [-0.1, -0.05) is 18.5 Å². The molecule has 7 heteroatoms. The molecule has 0 saturated heterocycles. The third-order valence-electron chi connectivity index (χ3n) is 3.98. The molecule has 1 aromatic carbocycles. The van der Waals surface area contributed by atoms with Gasteiger partial charge < -0.3 is 14.8 Å². The number of amides is 1. The zero-order chi connectivity index (χ0) is 17.8. The molecule has 3 rings (SSSR count). The fourth-order valence-corrected chi connectivity index (χ4v) is 2.78. The molecule has 0 spiro atoms. The van der Waals surface area contributed by atoms with E-state index in [-0.39, 0.29) is 11.9 Å². The van der Waals surface area contributed by atoms with Crippen LogP contribution in [0.1, 0.15) is 31.9 Å². The Morgan fingerprint density at radius 2 is 2.24 bits per heavy atom. The van der Waals surface area contributed by atoms with Gasteiger partial charge in [0.05, 0.1) is 17.3 Å². The van der Waals surface area contributed by atoms with Crippen LogP contribution in [0.2, 0.25) is 5.02 Å². The highest BCUT2D eigenvalue weighted by atomic mass is 35.5. The molecule has 0 saturated carbocycles. The van der Waals surface area contributed by atoms with E-state index in [2.05, 4.69) is 24.3 Å². The Morgan fingerprint density at radius 1 is 1.44 bits per heavy atom. The van der Waals surface area contributed by atoms with Gasteiger partial charge >= 0.3 is 0 Å². The second-order valence-electron chi connectivity index (χ2n) is 5.77. The first-order valence-corrected chi connectivity index (χ1v) is 8.58. The van der Waals surface area contributed by atoms with Gasteiger partial charge in [-0.05, 0) is 37.1 Å². The number of ether oxygens (including phenoxy) is 2. The van der Waals surface area contributed by atoms with Gasteiger partial charge in [0.15, 0.2) is 11.5 Å². The highest BCUT2D eigenvalue weighted by molar-refractivity contribution is 6.32. The quantitative estimate of drug-likeness (QED) is 0.819. The van der Waals surface area contributed by atoms with Crippen LogP contribution < -0.4 is 14.8 Å². The maximum atomic E-state index is 12.2. The highest BCUT2D eigenvalue weighted by Crippen LogP contribution is 2.38. The van der Waals surface area contributed by atoms with Crippen LogP contribution in [-0.4, -0.2) is 28.9 Å². The summed E-state index contributed by atoms with van der Waals surface area (Å²) >= 11 is 6.20. The number of nitrogens with zero attached hydrogens (tertiary/aromatic N) is 2. The lowest BCUT2D eigenvalue weighted by Gasteiger charge is -2.19. The summed E-state index contributed by atoms with van der Waals surface area (Å²) in [6.45, 7) is 5.09. The molecular weight excluding hydrogens is 342 g/mol. The lowest BCUT2D eigenvalue weighted by atomic mass is 10.1. The average Bonchev–Trinajstić information content (AvgIpc) is 3.07. The van der Waals surface area contributed by atoms with Crippen molar-refractivity contribution in [3.63, 3.8) is 0 Å². The van der Waals surface area contributed by atoms with Crippen molar-refractivity contribution in [2.75, 3.05) is 18.5 Å². The van der Waals surface area contributed by atoms with Crippen molar-refractivity contribution in [2.24, 2.45) is 0 Å². The van der Waals surface area contributed by atoms with Gasteiger partial charge in [0, 0.05) is 12.1 Å². The predicted octanol–water partition coefficient (Wildman–Crippen LogP) is 3.93. The van der Waals surface area contributed by atoms with Crippen LogP contribution in [0.4, 0.5) is 5.82 Å². The Kier molecular flexibility index (Phi) is 5.28. The number of carbonyl (C=O) groups excluding carboxylic acids is 1. The number of nitrogens with one attached hydrogen (secondary N) is 1. The molecule has 1 aliphatic rings. The summed E-state index contributed by atoms with van der Waals surface area (Å²) in [6.07, 6.45) is 5.74. The lowest BCUT2D eigenvalue weighted by molar-refractivity contribution is -0.111. The van der Waals surface area contributed by atoms with Crippen LogP contribution in [0.3, 0.4) is 0 Å². The monoisotopic (exact) mass is 361 g/mol. The van der Waals surface area contributed by atoms with Gasteiger partial charge in [0.25, 0.3) is 0 Å². The van der Waals surface area contributed by atoms with Gasteiger partial charge in [-0.2, -0.15) is 5.10 Å². The van der Waals surface area contributed by atoms with Crippen LogP contribution in [0, 0.1) is 0 Å². The maximum absolute atomic E-state index is 12.2.